The van der Waals surface area contributed by atoms with Gasteiger partial charge in [0.2, 0.25) is 15.9 Å². The molecule has 0 radical (unpaired) electrons. The molecular weight excluding hydrogens is 430 g/mol. The molecule has 9 nitrogen and oxygen atoms in total. The summed E-state index contributed by atoms with van der Waals surface area (Å²) < 4.78 is 34.3. The summed E-state index contributed by atoms with van der Waals surface area (Å²) in [6.07, 6.45) is 3.04. The van der Waals surface area contributed by atoms with Crippen LogP contribution in [0.15, 0.2) is 47.4 Å². The Morgan fingerprint density at radius 3 is 2.56 bits per heavy atom. The third-order valence-electron chi connectivity index (χ3n) is 5.44. The molecule has 0 saturated carbocycles. The van der Waals surface area contributed by atoms with Crippen molar-refractivity contribution in [1.82, 2.24) is 19.3 Å². The molecular formula is C22H27N5O4S. The summed E-state index contributed by atoms with van der Waals surface area (Å²) in [5.41, 5.74) is 1.88. The first-order chi connectivity index (χ1) is 15.5. The van der Waals surface area contributed by atoms with Crippen molar-refractivity contribution in [3.8, 4) is 5.75 Å². The summed E-state index contributed by atoms with van der Waals surface area (Å²) in [5, 5.41) is 11.1. The van der Waals surface area contributed by atoms with Gasteiger partial charge in [0.15, 0.2) is 0 Å². The number of sulfonamides is 1. The van der Waals surface area contributed by atoms with Crippen molar-refractivity contribution in [1.29, 1.82) is 0 Å². The number of nitrogens with zero attached hydrogens (tertiary/aromatic N) is 4. The zero-order valence-electron chi connectivity index (χ0n) is 18.0. The number of carbonyl (C=O) groups excluding carboxylic acids is 1. The minimum atomic E-state index is -3.53. The van der Waals surface area contributed by atoms with Gasteiger partial charge in [-0.15, -0.1) is 5.10 Å². The number of fused-ring (bicyclic) bond motifs is 1. The molecule has 10 heteroatoms. The predicted octanol–water partition coefficient (Wildman–Crippen LogP) is 3.03. The van der Waals surface area contributed by atoms with Crippen LogP contribution in [0, 0.1) is 0 Å². The number of ether oxygens (including phenoxy) is 1. The van der Waals surface area contributed by atoms with Crippen molar-refractivity contribution in [2.45, 2.75) is 44.0 Å². The number of hydrogen-bond donors (Lipinski definition) is 1. The second-order valence-electron chi connectivity index (χ2n) is 7.68. The van der Waals surface area contributed by atoms with Crippen LogP contribution in [0.3, 0.4) is 0 Å². The molecule has 1 aliphatic rings. The van der Waals surface area contributed by atoms with Gasteiger partial charge in [-0.05, 0) is 62.2 Å². The van der Waals surface area contributed by atoms with E-state index < -0.39 is 10.0 Å². The number of hydrogen-bond acceptors (Lipinski definition) is 6. The monoisotopic (exact) mass is 457 g/mol. The van der Waals surface area contributed by atoms with Crippen LogP contribution in [0.5, 0.6) is 5.75 Å². The van der Waals surface area contributed by atoms with Gasteiger partial charge in [-0.2, -0.15) is 4.31 Å². The van der Waals surface area contributed by atoms with Gasteiger partial charge >= 0.3 is 0 Å². The number of piperidine rings is 1. The van der Waals surface area contributed by atoms with Crippen LogP contribution in [-0.2, 0) is 21.4 Å². The van der Waals surface area contributed by atoms with Gasteiger partial charge in [0.05, 0.1) is 23.6 Å². The summed E-state index contributed by atoms with van der Waals surface area (Å²) in [7, 11) is -3.53. The molecule has 0 atom stereocenters. The van der Waals surface area contributed by atoms with Crippen molar-refractivity contribution in [3.63, 3.8) is 0 Å². The third-order valence-corrected chi connectivity index (χ3v) is 7.33. The number of aryl methyl sites for hydroxylation is 1. The van der Waals surface area contributed by atoms with E-state index in [1.807, 2.05) is 6.92 Å². The maximum Gasteiger partial charge on any atom is 0.243 e. The minimum absolute atomic E-state index is 0.151. The molecule has 2 heterocycles. The molecule has 1 aromatic heterocycles. The van der Waals surface area contributed by atoms with Gasteiger partial charge in [0, 0.05) is 25.2 Å². The van der Waals surface area contributed by atoms with Crippen LogP contribution < -0.4 is 10.1 Å². The van der Waals surface area contributed by atoms with Crippen molar-refractivity contribution >= 4 is 32.7 Å². The Bertz CT molecular complexity index is 1180. The molecule has 1 amide bonds. The number of aromatic nitrogens is 3. The van der Waals surface area contributed by atoms with E-state index in [-0.39, 0.29) is 17.2 Å². The van der Waals surface area contributed by atoms with Crippen LogP contribution in [0.25, 0.3) is 11.0 Å². The zero-order valence-corrected chi connectivity index (χ0v) is 18.8. The highest BCUT2D eigenvalue weighted by molar-refractivity contribution is 7.89. The SMILES string of the molecule is CCOc1ccc(NC(=O)CCn2nnc3cc(S(=O)(=O)N4CCCCC4)ccc32)cc1. The van der Waals surface area contributed by atoms with E-state index in [1.54, 1.807) is 47.1 Å². The van der Waals surface area contributed by atoms with Crippen LogP contribution in [0.1, 0.15) is 32.6 Å². The first kappa shape index (κ1) is 22.2. The van der Waals surface area contributed by atoms with Crippen LogP contribution in [-0.4, -0.2) is 53.3 Å². The molecule has 1 aliphatic heterocycles. The molecule has 1 saturated heterocycles. The number of rotatable bonds is 8. The Balaban J connectivity index is 1.40. The summed E-state index contributed by atoms with van der Waals surface area (Å²) in [6, 6.07) is 12.0. The number of nitrogens with one attached hydrogen (secondary N) is 1. The van der Waals surface area contributed by atoms with Crippen molar-refractivity contribution < 1.29 is 17.9 Å². The third kappa shape index (κ3) is 4.91. The van der Waals surface area contributed by atoms with E-state index in [1.165, 1.54) is 4.31 Å². The second-order valence-corrected chi connectivity index (χ2v) is 9.62. The highest BCUT2D eigenvalue weighted by Crippen LogP contribution is 2.23. The average Bonchev–Trinajstić information content (AvgIpc) is 3.22. The molecule has 3 aromatic rings. The van der Waals surface area contributed by atoms with Crippen molar-refractivity contribution in [2.24, 2.45) is 0 Å². The normalized spacial score (nSPS) is 15.0. The molecule has 1 N–H and O–H groups in total. The molecule has 0 unspecified atom stereocenters. The largest absolute Gasteiger partial charge is 0.494 e. The smallest absolute Gasteiger partial charge is 0.243 e. The lowest BCUT2D eigenvalue weighted by Gasteiger charge is -2.25. The lowest BCUT2D eigenvalue weighted by Crippen LogP contribution is -2.35. The molecule has 4 rings (SSSR count). The maximum absolute atomic E-state index is 12.9. The molecule has 32 heavy (non-hydrogen) atoms. The van der Waals surface area contributed by atoms with Crippen LogP contribution in [0.2, 0.25) is 0 Å². The highest BCUT2D eigenvalue weighted by atomic mass is 32.2. The second kappa shape index (κ2) is 9.66. The zero-order chi connectivity index (χ0) is 22.6. The van der Waals surface area contributed by atoms with Crippen LogP contribution >= 0.6 is 0 Å². The first-order valence-corrected chi connectivity index (χ1v) is 12.3. The molecule has 1 fully saturated rings. The summed E-state index contributed by atoms with van der Waals surface area (Å²) in [4.78, 5) is 12.6. The van der Waals surface area contributed by atoms with E-state index >= 15 is 0 Å². The minimum Gasteiger partial charge on any atom is -0.494 e. The topological polar surface area (TPSA) is 106 Å². The number of amides is 1. The summed E-state index contributed by atoms with van der Waals surface area (Å²) in [5.74, 6) is 0.600. The van der Waals surface area contributed by atoms with Crippen molar-refractivity contribution in [3.05, 3.63) is 42.5 Å². The lowest BCUT2D eigenvalue weighted by molar-refractivity contribution is -0.116. The van der Waals surface area contributed by atoms with E-state index in [9.17, 15) is 13.2 Å². The van der Waals surface area contributed by atoms with E-state index in [0.29, 0.717) is 43.0 Å². The number of carbonyl (C=O) groups is 1. The lowest BCUT2D eigenvalue weighted by atomic mass is 10.2. The van der Waals surface area contributed by atoms with Gasteiger partial charge in [-0.3, -0.25) is 4.79 Å². The van der Waals surface area contributed by atoms with Gasteiger partial charge in [0.1, 0.15) is 11.3 Å². The molecule has 2 aromatic carbocycles. The average molecular weight is 458 g/mol. The van der Waals surface area contributed by atoms with Gasteiger partial charge in [-0.25, -0.2) is 13.1 Å². The fourth-order valence-corrected chi connectivity index (χ4v) is 5.30. The molecule has 0 bridgehead atoms. The van der Waals surface area contributed by atoms with Gasteiger partial charge < -0.3 is 10.1 Å². The molecule has 0 spiro atoms. The van der Waals surface area contributed by atoms with Crippen LogP contribution in [0.4, 0.5) is 5.69 Å². The van der Waals surface area contributed by atoms with E-state index in [2.05, 4.69) is 15.6 Å². The molecule has 0 aliphatic carbocycles. The number of benzene rings is 2. The predicted molar refractivity (Wildman–Crippen MR) is 121 cm³/mol. The Morgan fingerprint density at radius 1 is 1.09 bits per heavy atom. The van der Waals surface area contributed by atoms with E-state index in [0.717, 1.165) is 25.0 Å². The standard InChI is InChI=1S/C22H27N5O4S/c1-2-31-18-8-6-17(7-9-18)23-22(28)12-15-27-21-11-10-19(16-20(21)24-25-27)32(29,30)26-13-4-3-5-14-26/h6-11,16H,2-5,12-15H2,1H3,(H,23,28). The number of anilines is 1. The Hall–Kier alpha value is -2.98. The Labute approximate surface area is 187 Å². The summed E-state index contributed by atoms with van der Waals surface area (Å²) in [6.45, 7) is 3.94. The summed E-state index contributed by atoms with van der Waals surface area (Å²) >= 11 is 0. The Morgan fingerprint density at radius 2 is 1.84 bits per heavy atom. The Kier molecular flexibility index (Phi) is 6.71. The molecule has 170 valence electrons. The van der Waals surface area contributed by atoms with E-state index in [4.69, 9.17) is 4.74 Å². The fraction of sp³-hybridized carbons (Fsp3) is 0.409. The van der Waals surface area contributed by atoms with Gasteiger partial charge in [-0.1, -0.05) is 11.6 Å². The van der Waals surface area contributed by atoms with Crippen molar-refractivity contribution in [2.75, 3.05) is 25.0 Å². The van der Waals surface area contributed by atoms with Gasteiger partial charge in [0.25, 0.3) is 0 Å². The highest BCUT2D eigenvalue weighted by Gasteiger charge is 2.26. The fourth-order valence-electron chi connectivity index (χ4n) is 3.76. The maximum atomic E-state index is 12.9. The first-order valence-electron chi connectivity index (χ1n) is 10.8. The quantitative estimate of drug-likeness (QED) is 0.557.